The Morgan fingerprint density at radius 1 is 1.16 bits per heavy atom. The zero-order valence-corrected chi connectivity index (χ0v) is 14.1. The number of amides is 3. The summed E-state index contributed by atoms with van der Waals surface area (Å²) in [5.74, 6) is -1.25. The Labute approximate surface area is 146 Å². The lowest BCUT2D eigenvalue weighted by molar-refractivity contribution is -0.143. The fraction of sp³-hybridized carbons (Fsp3) is 0.500. The van der Waals surface area contributed by atoms with Crippen molar-refractivity contribution in [2.45, 2.75) is 32.1 Å². The molecule has 0 bridgehead atoms. The number of carbonyl (C=O) groups is 3. The molecule has 7 nitrogen and oxygen atoms in total. The quantitative estimate of drug-likeness (QED) is 0.881. The first-order valence-electron chi connectivity index (χ1n) is 8.74. The third-order valence-electron chi connectivity index (χ3n) is 4.79. The highest BCUT2D eigenvalue weighted by atomic mass is 16.4. The van der Waals surface area contributed by atoms with E-state index in [1.165, 1.54) is 0 Å². The summed E-state index contributed by atoms with van der Waals surface area (Å²) in [6.45, 7) is 1.48. The molecule has 2 aliphatic heterocycles. The van der Waals surface area contributed by atoms with Gasteiger partial charge in [-0.05, 0) is 43.9 Å². The van der Waals surface area contributed by atoms with Crippen molar-refractivity contribution in [3.05, 3.63) is 24.3 Å². The maximum atomic E-state index is 12.4. The molecule has 25 heavy (non-hydrogen) atoms. The summed E-state index contributed by atoms with van der Waals surface area (Å²) in [5, 5.41) is 12.0. The molecule has 0 aromatic heterocycles. The Kier molecular flexibility index (Phi) is 5.21. The van der Waals surface area contributed by atoms with Gasteiger partial charge in [0.1, 0.15) is 0 Å². The van der Waals surface area contributed by atoms with Gasteiger partial charge in [0.05, 0.1) is 5.92 Å². The zero-order valence-electron chi connectivity index (χ0n) is 14.1. The second-order valence-corrected chi connectivity index (χ2v) is 6.61. The Hall–Kier alpha value is -2.57. The molecule has 2 saturated heterocycles. The van der Waals surface area contributed by atoms with Crippen LogP contribution in [0.3, 0.4) is 0 Å². The summed E-state index contributed by atoms with van der Waals surface area (Å²) in [4.78, 5) is 38.9. The van der Waals surface area contributed by atoms with Gasteiger partial charge in [-0.1, -0.05) is 6.07 Å². The van der Waals surface area contributed by atoms with Crippen molar-refractivity contribution in [2.24, 2.45) is 5.92 Å². The molecule has 1 atom stereocenters. The van der Waals surface area contributed by atoms with Crippen molar-refractivity contribution in [1.29, 1.82) is 0 Å². The highest BCUT2D eigenvalue weighted by Gasteiger charge is 2.28. The second kappa shape index (κ2) is 7.55. The van der Waals surface area contributed by atoms with Crippen LogP contribution in [0.1, 0.15) is 32.1 Å². The Morgan fingerprint density at radius 3 is 2.76 bits per heavy atom. The molecule has 0 spiro atoms. The third kappa shape index (κ3) is 4.10. The van der Waals surface area contributed by atoms with E-state index in [9.17, 15) is 14.4 Å². The monoisotopic (exact) mass is 345 g/mol. The van der Waals surface area contributed by atoms with Crippen molar-refractivity contribution < 1.29 is 19.5 Å². The Bertz CT molecular complexity index is 676. The molecular formula is C18H23N3O4. The number of carboxylic acid groups (broad SMARTS) is 1. The molecule has 0 saturated carbocycles. The number of piperidine rings is 2. The van der Waals surface area contributed by atoms with Gasteiger partial charge >= 0.3 is 12.0 Å². The van der Waals surface area contributed by atoms with Gasteiger partial charge in [-0.25, -0.2) is 4.79 Å². The van der Waals surface area contributed by atoms with Crippen molar-refractivity contribution in [2.75, 3.05) is 29.9 Å². The van der Waals surface area contributed by atoms with E-state index >= 15 is 0 Å². The van der Waals surface area contributed by atoms with Gasteiger partial charge < -0.3 is 20.2 Å². The Morgan fingerprint density at radius 2 is 2.00 bits per heavy atom. The van der Waals surface area contributed by atoms with Crippen LogP contribution < -0.4 is 10.2 Å². The smallest absolute Gasteiger partial charge is 0.321 e. The molecule has 1 aromatic carbocycles. The number of urea groups is 1. The number of hydrogen-bond donors (Lipinski definition) is 2. The topological polar surface area (TPSA) is 89.9 Å². The minimum atomic E-state index is -0.858. The van der Waals surface area contributed by atoms with Gasteiger partial charge in [-0.3, -0.25) is 9.59 Å². The summed E-state index contributed by atoms with van der Waals surface area (Å²) in [5.41, 5.74) is 1.39. The van der Waals surface area contributed by atoms with Crippen LogP contribution in [0, 0.1) is 5.92 Å². The molecule has 2 heterocycles. The van der Waals surface area contributed by atoms with Gasteiger partial charge in [-0.2, -0.15) is 0 Å². The van der Waals surface area contributed by atoms with Crippen molar-refractivity contribution in [3.63, 3.8) is 0 Å². The van der Waals surface area contributed by atoms with E-state index in [0.717, 1.165) is 18.5 Å². The molecule has 134 valence electrons. The molecule has 7 heteroatoms. The largest absolute Gasteiger partial charge is 0.481 e. The number of anilines is 2. The lowest BCUT2D eigenvalue weighted by Crippen LogP contribution is -2.44. The van der Waals surface area contributed by atoms with Gasteiger partial charge in [0.15, 0.2) is 0 Å². The molecule has 2 N–H and O–H groups in total. The molecule has 0 radical (unpaired) electrons. The predicted molar refractivity (Wildman–Crippen MR) is 93.6 cm³/mol. The van der Waals surface area contributed by atoms with E-state index in [4.69, 9.17) is 5.11 Å². The first-order chi connectivity index (χ1) is 12.0. The van der Waals surface area contributed by atoms with E-state index in [-0.39, 0.29) is 18.5 Å². The number of carboxylic acids is 1. The fourth-order valence-corrected chi connectivity index (χ4v) is 3.40. The maximum Gasteiger partial charge on any atom is 0.321 e. The molecule has 3 rings (SSSR count). The lowest BCUT2D eigenvalue weighted by Gasteiger charge is -2.31. The average Bonchev–Trinajstić information content (AvgIpc) is 2.62. The standard InChI is InChI=1S/C18H23N3O4/c22-16-8-1-2-10-21(16)15-7-3-6-14(11-15)19-18(25)20-9-4-5-13(12-20)17(23)24/h3,6-7,11,13H,1-2,4-5,8-10,12H2,(H,19,25)(H,23,24). The Balaban J connectivity index is 1.66. The fourth-order valence-electron chi connectivity index (χ4n) is 3.40. The number of hydrogen-bond acceptors (Lipinski definition) is 3. The van der Waals surface area contributed by atoms with Crippen molar-refractivity contribution in [1.82, 2.24) is 4.90 Å². The lowest BCUT2D eigenvalue weighted by atomic mass is 9.99. The number of benzene rings is 1. The first kappa shape index (κ1) is 17.3. The minimum Gasteiger partial charge on any atom is -0.481 e. The van der Waals surface area contributed by atoms with E-state index in [1.807, 2.05) is 12.1 Å². The summed E-state index contributed by atoms with van der Waals surface area (Å²) in [6.07, 6.45) is 3.75. The van der Waals surface area contributed by atoms with E-state index in [2.05, 4.69) is 5.32 Å². The third-order valence-corrected chi connectivity index (χ3v) is 4.79. The molecule has 3 amide bonds. The average molecular weight is 345 g/mol. The van der Waals surface area contributed by atoms with Crippen LogP contribution in [-0.2, 0) is 9.59 Å². The molecule has 1 aromatic rings. The SMILES string of the molecule is O=C(O)C1CCCN(C(=O)Nc2cccc(N3CCCCC3=O)c2)C1. The minimum absolute atomic E-state index is 0.107. The van der Waals surface area contributed by atoms with E-state index < -0.39 is 11.9 Å². The van der Waals surface area contributed by atoms with Crippen LogP contribution in [0.5, 0.6) is 0 Å². The van der Waals surface area contributed by atoms with Crippen molar-refractivity contribution >= 4 is 29.3 Å². The van der Waals surface area contributed by atoms with Crippen molar-refractivity contribution in [3.8, 4) is 0 Å². The van der Waals surface area contributed by atoms with Crippen LogP contribution in [0.2, 0.25) is 0 Å². The predicted octanol–water partition coefficient (Wildman–Crippen LogP) is 2.53. The second-order valence-electron chi connectivity index (χ2n) is 6.61. The van der Waals surface area contributed by atoms with Gasteiger partial charge in [-0.15, -0.1) is 0 Å². The van der Waals surface area contributed by atoms with Gasteiger partial charge in [0.25, 0.3) is 0 Å². The summed E-state index contributed by atoms with van der Waals surface area (Å²) in [6, 6.07) is 6.94. The number of carbonyl (C=O) groups excluding carboxylic acids is 2. The summed E-state index contributed by atoms with van der Waals surface area (Å²) < 4.78 is 0. The molecule has 1 unspecified atom stereocenters. The number of aliphatic carboxylic acids is 1. The molecule has 2 fully saturated rings. The van der Waals surface area contributed by atoms with Crippen LogP contribution in [0.4, 0.5) is 16.2 Å². The highest BCUT2D eigenvalue weighted by Crippen LogP contribution is 2.24. The highest BCUT2D eigenvalue weighted by molar-refractivity contribution is 5.95. The number of rotatable bonds is 3. The molecule has 2 aliphatic rings. The van der Waals surface area contributed by atoms with Crippen LogP contribution in [-0.4, -0.2) is 47.5 Å². The van der Waals surface area contributed by atoms with E-state index in [0.29, 0.717) is 38.0 Å². The van der Waals surface area contributed by atoms with Gasteiger partial charge in [0.2, 0.25) is 5.91 Å². The normalized spacial score (nSPS) is 21.1. The number of nitrogens with zero attached hydrogens (tertiary/aromatic N) is 2. The van der Waals surface area contributed by atoms with E-state index in [1.54, 1.807) is 21.9 Å². The summed E-state index contributed by atoms with van der Waals surface area (Å²) in [7, 11) is 0. The zero-order chi connectivity index (χ0) is 17.8. The van der Waals surface area contributed by atoms with Crippen LogP contribution in [0.15, 0.2) is 24.3 Å². The summed E-state index contributed by atoms with van der Waals surface area (Å²) >= 11 is 0. The first-order valence-corrected chi connectivity index (χ1v) is 8.74. The molecular weight excluding hydrogens is 322 g/mol. The maximum absolute atomic E-state index is 12.4. The molecule has 0 aliphatic carbocycles. The number of likely N-dealkylation sites (tertiary alicyclic amines) is 1. The number of nitrogens with one attached hydrogen (secondary N) is 1. The van der Waals surface area contributed by atoms with Crippen LogP contribution >= 0.6 is 0 Å². The van der Waals surface area contributed by atoms with Crippen LogP contribution in [0.25, 0.3) is 0 Å². The van der Waals surface area contributed by atoms with Gasteiger partial charge in [0, 0.05) is 37.4 Å².